The Balaban J connectivity index is 1.77. The van der Waals surface area contributed by atoms with E-state index < -0.39 is 6.03 Å². The van der Waals surface area contributed by atoms with Crippen LogP contribution in [0.15, 0.2) is 24.4 Å². The fraction of sp³-hybridized carbons (Fsp3) is 0.389. The Bertz CT molecular complexity index is 823. The Morgan fingerprint density at radius 1 is 1.22 bits per heavy atom. The number of benzene rings is 1. The summed E-state index contributed by atoms with van der Waals surface area (Å²) in [4.78, 5) is 25.1. The Labute approximate surface area is 157 Å². The van der Waals surface area contributed by atoms with Crippen molar-refractivity contribution in [3.63, 3.8) is 0 Å². The van der Waals surface area contributed by atoms with E-state index in [1.165, 1.54) is 6.07 Å². The second kappa shape index (κ2) is 8.17. The normalized spacial score (nSPS) is 14.0. The maximum Gasteiger partial charge on any atom is 0.323 e. The van der Waals surface area contributed by atoms with Crippen LogP contribution in [-0.4, -0.2) is 56.4 Å². The minimum absolute atomic E-state index is 0.374. The highest BCUT2D eigenvalue weighted by molar-refractivity contribution is 6.01. The van der Waals surface area contributed by atoms with Crippen molar-refractivity contribution < 1.29 is 13.9 Å². The molecule has 0 saturated carbocycles. The zero-order valence-corrected chi connectivity index (χ0v) is 15.6. The van der Waals surface area contributed by atoms with Crippen LogP contribution in [0.4, 0.5) is 32.3 Å². The molecule has 144 valence electrons. The Kier molecular flexibility index (Phi) is 5.70. The Morgan fingerprint density at radius 3 is 2.63 bits per heavy atom. The van der Waals surface area contributed by atoms with Gasteiger partial charge in [0.25, 0.3) is 0 Å². The maximum atomic E-state index is 13.6. The molecule has 1 saturated heterocycles. The summed E-state index contributed by atoms with van der Waals surface area (Å²) in [7, 11) is 3.68. The lowest BCUT2D eigenvalue weighted by molar-refractivity contribution is 0.122. The van der Waals surface area contributed by atoms with Gasteiger partial charge >= 0.3 is 6.03 Å². The predicted molar refractivity (Wildman–Crippen MR) is 103 cm³/mol. The molecule has 1 aliphatic rings. The number of amides is 2. The van der Waals surface area contributed by atoms with Gasteiger partial charge in [0.05, 0.1) is 19.4 Å². The van der Waals surface area contributed by atoms with E-state index in [-0.39, 0.29) is 5.82 Å². The molecule has 2 N–H and O–H groups in total. The first-order valence-electron chi connectivity index (χ1n) is 8.66. The second-order valence-electron chi connectivity index (χ2n) is 6.39. The van der Waals surface area contributed by atoms with E-state index >= 15 is 0 Å². The van der Waals surface area contributed by atoms with Gasteiger partial charge in [-0.05, 0) is 19.1 Å². The molecular weight excluding hydrogens is 351 g/mol. The number of carbonyl (C=O) groups is 1. The largest absolute Gasteiger partial charge is 0.378 e. The van der Waals surface area contributed by atoms with Gasteiger partial charge in [-0.3, -0.25) is 0 Å². The van der Waals surface area contributed by atoms with Crippen LogP contribution in [0.5, 0.6) is 0 Å². The SMILES string of the molecule is Cc1c(F)cccc1NC(=O)Nc1cnc(N2CCOCC2)nc1N(C)C. The summed E-state index contributed by atoms with van der Waals surface area (Å²) in [5.41, 5.74) is 1.24. The highest BCUT2D eigenvalue weighted by Crippen LogP contribution is 2.25. The Morgan fingerprint density at radius 2 is 1.93 bits per heavy atom. The number of rotatable bonds is 4. The number of urea groups is 1. The van der Waals surface area contributed by atoms with Gasteiger partial charge in [0.1, 0.15) is 11.5 Å². The Hall–Kier alpha value is -2.94. The monoisotopic (exact) mass is 374 g/mol. The minimum Gasteiger partial charge on any atom is -0.378 e. The van der Waals surface area contributed by atoms with Crippen molar-refractivity contribution in [1.82, 2.24) is 9.97 Å². The number of aromatic nitrogens is 2. The summed E-state index contributed by atoms with van der Waals surface area (Å²) in [6.45, 7) is 4.32. The fourth-order valence-corrected chi connectivity index (χ4v) is 2.73. The van der Waals surface area contributed by atoms with Gasteiger partial charge < -0.3 is 25.2 Å². The molecule has 0 spiro atoms. The van der Waals surface area contributed by atoms with Crippen LogP contribution < -0.4 is 20.4 Å². The molecule has 0 aliphatic carbocycles. The number of hydrogen-bond donors (Lipinski definition) is 2. The number of morpholine rings is 1. The topological polar surface area (TPSA) is 82.6 Å². The number of nitrogens with zero attached hydrogens (tertiary/aromatic N) is 4. The molecule has 2 heterocycles. The van der Waals surface area contributed by atoms with Crippen molar-refractivity contribution in [2.24, 2.45) is 0 Å². The quantitative estimate of drug-likeness (QED) is 0.856. The lowest BCUT2D eigenvalue weighted by atomic mass is 10.2. The summed E-state index contributed by atoms with van der Waals surface area (Å²) < 4.78 is 19.0. The first-order chi connectivity index (χ1) is 13.0. The van der Waals surface area contributed by atoms with Gasteiger partial charge in [0.2, 0.25) is 5.95 Å². The van der Waals surface area contributed by atoms with Crippen molar-refractivity contribution in [3.8, 4) is 0 Å². The number of nitrogens with one attached hydrogen (secondary N) is 2. The smallest absolute Gasteiger partial charge is 0.323 e. The third-order valence-electron chi connectivity index (χ3n) is 4.24. The van der Waals surface area contributed by atoms with Crippen LogP contribution in [0.2, 0.25) is 0 Å². The van der Waals surface area contributed by atoms with Crippen LogP contribution in [-0.2, 0) is 4.74 Å². The van der Waals surface area contributed by atoms with Gasteiger partial charge in [-0.2, -0.15) is 4.98 Å². The number of carbonyl (C=O) groups excluding carboxylic acids is 1. The lowest BCUT2D eigenvalue weighted by Gasteiger charge is -2.28. The molecule has 1 fully saturated rings. The number of halogens is 1. The van der Waals surface area contributed by atoms with Gasteiger partial charge in [0.15, 0.2) is 5.82 Å². The summed E-state index contributed by atoms with van der Waals surface area (Å²) in [6, 6.07) is 4.04. The highest BCUT2D eigenvalue weighted by Gasteiger charge is 2.18. The van der Waals surface area contributed by atoms with E-state index in [0.29, 0.717) is 41.9 Å². The summed E-state index contributed by atoms with van der Waals surface area (Å²) in [6.07, 6.45) is 1.57. The molecule has 2 aromatic rings. The van der Waals surface area contributed by atoms with E-state index in [0.717, 1.165) is 13.1 Å². The van der Waals surface area contributed by atoms with Crippen molar-refractivity contribution >= 4 is 29.2 Å². The van der Waals surface area contributed by atoms with Crippen LogP contribution >= 0.6 is 0 Å². The molecule has 0 atom stereocenters. The molecule has 0 bridgehead atoms. The molecule has 2 amide bonds. The number of ether oxygens (including phenoxy) is 1. The molecule has 0 radical (unpaired) electrons. The van der Waals surface area contributed by atoms with Crippen LogP contribution in [0.25, 0.3) is 0 Å². The van der Waals surface area contributed by atoms with E-state index in [9.17, 15) is 9.18 Å². The van der Waals surface area contributed by atoms with Gasteiger partial charge in [-0.15, -0.1) is 0 Å². The van der Waals surface area contributed by atoms with Crippen LogP contribution in [0.3, 0.4) is 0 Å². The first-order valence-corrected chi connectivity index (χ1v) is 8.66. The average molecular weight is 374 g/mol. The van der Waals surface area contributed by atoms with Crippen molar-refractivity contribution in [2.75, 3.05) is 60.8 Å². The second-order valence-corrected chi connectivity index (χ2v) is 6.39. The lowest BCUT2D eigenvalue weighted by Crippen LogP contribution is -2.37. The summed E-state index contributed by atoms with van der Waals surface area (Å²) >= 11 is 0. The van der Waals surface area contributed by atoms with E-state index in [4.69, 9.17) is 4.74 Å². The van der Waals surface area contributed by atoms with Gasteiger partial charge in [-0.25, -0.2) is 14.2 Å². The molecule has 0 unspecified atom stereocenters. The molecule has 9 heteroatoms. The minimum atomic E-state index is -0.491. The van der Waals surface area contributed by atoms with Gasteiger partial charge in [-0.1, -0.05) is 6.07 Å². The van der Waals surface area contributed by atoms with Crippen LogP contribution in [0.1, 0.15) is 5.56 Å². The zero-order chi connectivity index (χ0) is 19.4. The van der Waals surface area contributed by atoms with E-state index in [2.05, 4.69) is 20.6 Å². The van der Waals surface area contributed by atoms with Crippen LogP contribution in [0, 0.1) is 12.7 Å². The molecule has 1 aliphatic heterocycles. The summed E-state index contributed by atoms with van der Waals surface area (Å²) in [5, 5.41) is 5.39. The molecular formula is C18H23FN6O2. The van der Waals surface area contributed by atoms with E-state index in [1.54, 1.807) is 30.2 Å². The van der Waals surface area contributed by atoms with Gasteiger partial charge in [0, 0.05) is 38.4 Å². The highest BCUT2D eigenvalue weighted by atomic mass is 19.1. The molecule has 3 rings (SSSR count). The third-order valence-corrected chi connectivity index (χ3v) is 4.24. The van der Waals surface area contributed by atoms with Crippen molar-refractivity contribution in [2.45, 2.75) is 6.92 Å². The molecule has 1 aromatic heterocycles. The molecule has 27 heavy (non-hydrogen) atoms. The molecule has 1 aromatic carbocycles. The average Bonchev–Trinajstić information content (AvgIpc) is 2.66. The van der Waals surface area contributed by atoms with Crippen molar-refractivity contribution in [3.05, 3.63) is 35.8 Å². The third kappa shape index (κ3) is 4.43. The summed E-state index contributed by atoms with van der Waals surface area (Å²) in [5.74, 6) is 0.798. The number of hydrogen-bond acceptors (Lipinski definition) is 6. The molecule has 8 nitrogen and oxygen atoms in total. The number of anilines is 4. The van der Waals surface area contributed by atoms with Crippen molar-refractivity contribution in [1.29, 1.82) is 0 Å². The first kappa shape index (κ1) is 18.8. The standard InChI is InChI=1S/C18H23FN6O2/c1-12-13(19)5-4-6-14(12)21-18(26)22-15-11-20-17(23-16(15)24(2)3)25-7-9-27-10-8-25/h4-6,11H,7-10H2,1-3H3,(H2,21,22,26). The van der Waals surface area contributed by atoms with E-state index in [1.807, 2.05) is 19.0 Å². The maximum absolute atomic E-state index is 13.6. The zero-order valence-electron chi connectivity index (χ0n) is 15.6. The predicted octanol–water partition coefficient (Wildman–Crippen LogP) is 2.47. The fourth-order valence-electron chi connectivity index (χ4n) is 2.73.